The fourth-order valence-electron chi connectivity index (χ4n) is 3.27. The molecule has 0 spiro atoms. The number of amides is 1. The lowest BCUT2D eigenvalue weighted by Gasteiger charge is -2.21. The van der Waals surface area contributed by atoms with Crippen molar-refractivity contribution in [2.75, 3.05) is 0 Å². The van der Waals surface area contributed by atoms with Crippen molar-refractivity contribution in [1.29, 1.82) is 0 Å². The van der Waals surface area contributed by atoms with Crippen LogP contribution < -0.4 is 5.63 Å². The van der Waals surface area contributed by atoms with Gasteiger partial charge in [0, 0.05) is 23.3 Å². The van der Waals surface area contributed by atoms with Gasteiger partial charge < -0.3 is 4.42 Å². The molecule has 1 amide bonds. The number of rotatable bonds is 3. The van der Waals surface area contributed by atoms with E-state index in [0.29, 0.717) is 34.7 Å². The molecule has 136 valence electrons. The monoisotopic (exact) mass is 380 g/mol. The van der Waals surface area contributed by atoms with Crippen LogP contribution >= 0.6 is 11.6 Å². The Morgan fingerprint density at radius 2 is 1.96 bits per heavy atom. The van der Waals surface area contributed by atoms with E-state index in [1.807, 2.05) is 30.3 Å². The van der Waals surface area contributed by atoms with Gasteiger partial charge in [0.25, 0.3) is 0 Å². The van der Waals surface area contributed by atoms with E-state index in [1.165, 1.54) is 5.01 Å². The first-order valence-electron chi connectivity index (χ1n) is 8.75. The minimum Gasteiger partial charge on any atom is -0.422 e. The van der Waals surface area contributed by atoms with Crippen molar-refractivity contribution in [2.24, 2.45) is 5.10 Å². The van der Waals surface area contributed by atoms with E-state index in [9.17, 15) is 9.59 Å². The SMILES string of the molecule is CCC(=O)N1N=C(c2cc3ccccc3oc2=O)C[C@H]1c1ccc(Cl)cc1. The lowest BCUT2D eigenvalue weighted by atomic mass is 9.98. The molecule has 1 atom stereocenters. The van der Waals surface area contributed by atoms with Crippen molar-refractivity contribution >= 4 is 34.2 Å². The molecule has 1 aromatic heterocycles. The first kappa shape index (κ1) is 17.5. The molecular formula is C21H17ClN2O3. The van der Waals surface area contributed by atoms with Gasteiger partial charge in [-0.05, 0) is 29.8 Å². The van der Waals surface area contributed by atoms with E-state index in [0.717, 1.165) is 10.9 Å². The number of hydrogen-bond donors (Lipinski definition) is 0. The molecule has 0 aliphatic carbocycles. The molecule has 3 aromatic rings. The summed E-state index contributed by atoms with van der Waals surface area (Å²) in [4.78, 5) is 24.9. The standard InChI is InChI=1S/C21H17ClN2O3/c1-2-20(25)24-18(13-7-9-15(22)10-8-13)12-17(23-24)16-11-14-5-3-4-6-19(14)27-21(16)26/h3-11,18H,2,12H2,1H3/t18-/m0/s1. The summed E-state index contributed by atoms with van der Waals surface area (Å²) >= 11 is 5.98. The van der Waals surface area contributed by atoms with Crippen LogP contribution in [0.4, 0.5) is 0 Å². The molecule has 0 N–H and O–H groups in total. The average molecular weight is 381 g/mol. The lowest BCUT2D eigenvalue weighted by Crippen LogP contribution is -2.26. The highest BCUT2D eigenvalue weighted by Crippen LogP contribution is 2.33. The number of para-hydroxylation sites is 1. The van der Waals surface area contributed by atoms with Gasteiger partial charge in [-0.3, -0.25) is 4.79 Å². The molecule has 1 aliphatic rings. The van der Waals surface area contributed by atoms with Gasteiger partial charge in [-0.2, -0.15) is 5.10 Å². The second-order valence-electron chi connectivity index (χ2n) is 6.40. The summed E-state index contributed by atoms with van der Waals surface area (Å²) < 4.78 is 5.43. The zero-order chi connectivity index (χ0) is 19.0. The fourth-order valence-corrected chi connectivity index (χ4v) is 3.40. The maximum absolute atomic E-state index is 12.5. The summed E-state index contributed by atoms with van der Waals surface area (Å²) in [5, 5.41) is 7.39. The summed E-state index contributed by atoms with van der Waals surface area (Å²) in [5.41, 5.74) is 1.94. The molecule has 0 bridgehead atoms. The van der Waals surface area contributed by atoms with E-state index >= 15 is 0 Å². The van der Waals surface area contributed by atoms with Crippen LogP contribution in [0.3, 0.4) is 0 Å². The molecule has 0 saturated carbocycles. The number of carbonyl (C=O) groups is 1. The molecular weight excluding hydrogens is 364 g/mol. The quantitative estimate of drug-likeness (QED) is 0.627. The summed E-state index contributed by atoms with van der Waals surface area (Å²) in [6.07, 6.45) is 0.768. The first-order valence-corrected chi connectivity index (χ1v) is 9.13. The second kappa shape index (κ2) is 7.00. The van der Waals surface area contributed by atoms with Gasteiger partial charge in [-0.15, -0.1) is 0 Å². The Morgan fingerprint density at radius 1 is 1.22 bits per heavy atom. The Bertz CT molecular complexity index is 1100. The van der Waals surface area contributed by atoms with Crippen LogP contribution in [0.2, 0.25) is 5.02 Å². The molecule has 0 saturated heterocycles. The zero-order valence-electron chi connectivity index (χ0n) is 14.7. The minimum absolute atomic E-state index is 0.102. The van der Waals surface area contributed by atoms with Crippen molar-refractivity contribution < 1.29 is 9.21 Å². The highest BCUT2D eigenvalue weighted by Gasteiger charge is 2.33. The number of hydrazone groups is 1. The number of halogens is 1. The molecule has 2 aromatic carbocycles. The van der Waals surface area contributed by atoms with Crippen LogP contribution in [0, 0.1) is 0 Å². The molecule has 0 fully saturated rings. The van der Waals surface area contributed by atoms with E-state index in [-0.39, 0.29) is 11.9 Å². The average Bonchev–Trinajstić information content (AvgIpc) is 3.12. The Morgan fingerprint density at radius 3 is 2.70 bits per heavy atom. The molecule has 5 nitrogen and oxygen atoms in total. The normalized spacial score (nSPS) is 16.6. The summed E-state index contributed by atoms with van der Waals surface area (Å²) in [5.74, 6) is -0.102. The predicted molar refractivity (Wildman–Crippen MR) is 105 cm³/mol. The molecule has 0 unspecified atom stereocenters. The van der Waals surface area contributed by atoms with Gasteiger partial charge in [-0.1, -0.05) is 48.9 Å². The largest absolute Gasteiger partial charge is 0.422 e. The van der Waals surface area contributed by atoms with E-state index < -0.39 is 5.63 Å². The van der Waals surface area contributed by atoms with Gasteiger partial charge in [-0.25, -0.2) is 9.80 Å². The third-order valence-corrected chi connectivity index (χ3v) is 4.93. The smallest absolute Gasteiger partial charge is 0.345 e. The molecule has 6 heteroatoms. The van der Waals surface area contributed by atoms with Crippen LogP contribution in [0.15, 0.2) is 68.9 Å². The van der Waals surface area contributed by atoms with Crippen molar-refractivity contribution in [3.05, 3.63) is 81.2 Å². The van der Waals surface area contributed by atoms with E-state index in [4.69, 9.17) is 16.0 Å². The van der Waals surface area contributed by atoms with Crippen molar-refractivity contribution in [3.8, 4) is 0 Å². The number of nitrogens with zero attached hydrogens (tertiary/aromatic N) is 2. The van der Waals surface area contributed by atoms with Gasteiger partial charge >= 0.3 is 5.63 Å². The summed E-state index contributed by atoms with van der Waals surface area (Å²) in [6.45, 7) is 1.79. The third kappa shape index (κ3) is 3.26. The Hall–Kier alpha value is -2.92. The van der Waals surface area contributed by atoms with Crippen molar-refractivity contribution in [2.45, 2.75) is 25.8 Å². The molecule has 4 rings (SSSR count). The maximum Gasteiger partial charge on any atom is 0.345 e. The summed E-state index contributed by atoms with van der Waals surface area (Å²) in [6, 6.07) is 16.2. The van der Waals surface area contributed by atoms with Crippen molar-refractivity contribution in [3.63, 3.8) is 0 Å². The Labute approximate surface area is 160 Å². The van der Waals surface area contributed by atoms with Gasteiger partial charge in [0.15, 0.2) is 0 Å². The molecule has 0 radical (unpaired) electrons. The van der Waals surface area contributed by atoms with Gasteiger partial charge in [0.05, 0.1) is 17.3 Å². The third-order valence-electron chi connectivity index (χ3n) is 4.68. The zero-order valence-corrected chi connectivity index (χ0v) is 15.4. The van der Waals surface area contributed by atoms with Crippen LogP contribution in [-0.4, -0.2) is 16.6 Å². The lowest BCUT2D eigenvalue weighted by molar-refractivity contribution is -0.132. The van der Waals surface area contributed by atoms with Gasteiger partial charge in [0.1, 0.15) is 5.58 Å². The number of fused-ring (bicyclic) bond motifs is 1. The highest BCUT2D eigenvalue weighted by molar-refractivity contribution is 6.30. The highest BCUT2D eigenvalue weighted by atomic mass is 35.5. The Kier molecular flexibility index (Phi) is 4.54. The van der Waals surface area contributed by atoms with Crippen LogP contribution in [0.25, 0.3) is 11.0 Å². The predicted octanol–water partition coefficient (Wildman–Crippen LogP) is 4.53. The number of benzene rings is 2. The van der Waals surface area contributed by atoms with Crippen molar-refractivity contribution in [1.82, 2.24) is 5.01 Å². The maximum atomic E-state index is 12.5. The van der Waals surface area contributed by atoms with Crippen LogP contribution in [0.1, 0.15) is 36.9 Å². The minimum atomic E-state index is -0.451. The topological polar surface area (TPSA) is 62.9 Å². The van der Waals surface area contributed by atoms with E-state index in [2.05, 4.69) is 5.10 Å². The first-order chi connectivity index (χ1) is 13.1. The second-order valence-corrected chi connectivity index (χ2v) is 6.83. The molecule has 1 aliphatic heterocycles. The number of hydrogen-bond acceptors (Lipinski definition) is 4. The fraction of sp³-hybridized carbons (Fsp3) is 0.190. The van der Waals surface area contributed by atoms with Gasteiger partial charge in [0.2, 0.25) is 5.91 Å². The van der Waals surface area contributed by atoms with Crippen LogP contribution in [0.5, 0.6) is 0 Å². The molecule has 2 heterocycles. The van der Waals surface area contributed by atoms with Crippen LogP contribution in [-0.2, 0) is 4.79 Å². The van der Waals surface area contributed by atoms with E-state index in [1.54, 1.807) is 31.2 Å². The Balaban J connectivity index is 1.77. The summed E-state index contributed by atoms with van der Waals surface area (Å²) in [7, 11) is 0. The number of carbonyl (C=O) groups excluding carboxylic acids is 1. The molecule has 27 heavy (non-hydrogen) atoms.